The Bertz CT molecular complexity index is 696. The minimum absolute atomic E-state index is 0.549. The van der Waals surface area contributed by atoms with Crippen LogP contribution in [0.1, 0.15) is 43.3 Å². The molecule has 0 unspecified atom stereocenters. The summed E-state index contributed by atoms with van der Waals surface area (Å²) in [6, 6.07) is 10.7. The largest absolute Gasteiger partial charge is 0.356 e. The molecule has 0 bridgehead atoms. The van der Waals surface area contributed by atoms with Crippen LogP contribution >= 0.6 is 11.6 Å². The molecule has 0 saturated carbocycles. The molecule has 1 aromatic heterocycles. The van der Waals surface area contributed by atoms with Crippen LogP contribution in [0.15, 0.2) is 30.3 Å². The molecule has 0 radical (unpaired) electrons. The van der Waals surface area contributed by atoms with Crippen LogP contribution in [0, 0.1) is 6.92 Å². The first-order valence-corrected chi connectivity index (χ1v) is 9.59. The number of halogens is 1. The van der Waals surface area contributed by atoms with Gasteiger partial charge < -0.3 is 10.2 Å². The number of nitrogens with zero attached hydrogens (tertiary/aromatic N) is 3. The van der Waals surface area contributed by atoms with Crippen LogP contribution in [0.25, 0.3) is 0 Å². The molecule has 0 atom stereocenters. The number of aryl methyl sites for hydroxylation is 2. The van der Waals surface area contributed by atoms with Crippen molar-refractivity contribution in [1.29, 1.82) is 0 Å². The van der Waals surface area contributed by atoms with Gasteiger partial charge in [0.05, 0.1) is 0 Å². The van der Waals surface area contributed by atoms with Gasteiger partial charge in [-0.05, 0) is 43.9 Å². The van der Waals surface area contributed by atoms with Crippen LogP contribution in [0.3, 0.4) is 0 Å². The van der Waals surface area contributed by atoms with Crippen molar-refractivity contribution in [1.82, 2.24) is 15.3 Å². The Kier molecular flexibility index (Phi) is 6.27. The number of benzene rings is 1. The first-order valence-electron chi connectivity index (χ1n) is 9.21. The lowest BCUT2D eigenvalue weighted by Crippen LogP contribution is -2.42. The van der Waals surface area contributed by atoms with Crippen LogP contribution in [-0.4, -0.2) is 29.1 Å². The van der Waals surface area contributed by atoms with Gasteiger partial charge in [0.25, 0.3) is 0 Å². The minimum Gasteiger partial charge on any atom is -0.356 e. The number of rotatable bonds is 6. The van der Waals surface area contributed by atoms with Crippen molar-refractivity contribution in [2.45, 2.75) is 52.1 Å². The summed E-state index contributed by atoms with van der Waals surface area (Å²) in [7, 11) is 0. The quantitative estimate of drug-likeness (QED) is 0.842. The van der Waals surface area contributed by atoms with Gasteiger partial charge in [0.1, 0.15) is 11.6 Å². The Morgan fingerprint density at radius 1 is 1.20 bits per heavy atom. The van der Waals surface area contributed by atoms with Crippen molar-refractivity contribution < 1.29 is 0 Å². The Morgan fingerprint density at radius 3 is 2.72 bits per heavy atom. The maximum atomic E-state index is 6.05. The molecule has 1 fully saturated rings. The number of anilines is 1. The average molecular weight is 359 g/mol. The number of hydrogen-bond acceptors (Lipinski definition) is 4. The molecule has 2 heterocycles. The summed E-state index contributed by atoms with van der Waals surface area (Å²) in [5, 5.41) is 4.46. The molecule has 0 spiro atoms. The molecular formula is C20H27ClN4. The number of aromatic nitrogens is 2. The molecule has 1 N–H and O–H groups in total. The minimum atomic E-state index is 0.549. The second-order valence-electron chi connectivity index (χ2n) is 6.81. The van der Waals surface area contributed by atoms with E-state index in [0.717, 1.165) is 67.7 Å². The topological polar surface area (TPSA) is 41.1 Å². The lowest BCUT2D eigenvalue weighted by Gasteiger charge is -2.33. The Balaban J connectivity index is 1.53. The predicted octanol–water partition coefficient (Wildman–Crippen LogP) is 4.15. The average Bonchev–Trinajstić information content (AvgIpc) is 2.60. The molecule has 0 aliphatic carbocycles. The summed E-state index contributed by atoms with van der Waals surface area (Å²) >= 11 is 6.05. The van der Waals surface area contributed by atoms with E-state index in [1.165, 1.54) is 5.56 Å². The molecule has 1 aromatic carbocycles. The molecule has 1 saturated heterocycles. The highest BCUT2D eigenvalue weighted by molar-refractivity contribution is 6.30. The summed E-state index contributed by atoms with van der Waals surface area (Å²) < 4.78 is 0. The smallest absolute Gasteiger partial charge is 0.132 e. The SMILES string of the molecule is CCCc1nc(C)cc(N2CCC(NCc3cccc(Cl)c3)CC2)n1. The zero-order chi connectivity index (χ0) is 17.6. The normalized spacial score (nSPS) is 15.6. The van der Waals surface area contributed by atoms with Gasteiger partial charge in [0.2, 0.25) is 0 Å². The fraction of sp³-hybridized carbons (Fsp3) is 0.500. The molecule has 25 heavy (non-hydrogen) atoms. The highest BCUT2D eigenvalue weighted by atomic mass is 35.5. The van der Waals surface area contributed by atoms with Crippen molar-refractivity contribution in [3.63, 3.8) is 0 Å². The van der Waals surface area contributed by atoms with Gasteiger partial charge in [-0.2, -0.15) is 0 Å². The van der Waals surface area contributed by atoms with E-state index < -0.39 is 0 Å². The third-order valence-corrected chi connectivity index (χ3v) is 4.90. The van der Waals surface area contributed by atoms with Crippen LogP contribution in [-0.2, 0) is 13.0 Å². The Morgan fingerprint density at radius 2 is 2.00 bits per heavy atom. The van der Waals surface area contributed by atoms with E-state index in [4.69, 9.17) is 16.6 Å². The van der Waals surface area contributed by atoms with E-state index in [2.05, 4.69) is 41.2 Å². The monoisotopic (exact) mass is 358 g/mol. The van der Waals surface area contributed by atoms with Crippen molar-refractivity contribution >= 4 is 17.4 Å². The second kappa shape index (κ2) is 8.63. The van der Waals surface area contributed by atoms with E-state index in [-0.39, 0.29) is 0 Å². The highest BCUT2D eigenvalue weighted by Gasteiger charge is 2.20. The molecular weight excluding hydrogens is 332 g/mol. The first-order chi connectivity index (χ1) is 12.1. The fourth-order valence-electron chi connectivity index (χ4n) is 3.33. The zero-order valence-corrected chi connectivity index (χ0v) is 15.9. The van der Waals surface area contributed by atoms with Gasteiger partial charge in [-0.3, -0.25) is 0 Å². The van der Waals surface area contributed by atoms with Crippen LogP contribution in [0.4, 0.5) is 5.82 Å². The van der Waals surface area contributed by atoms with Crippen LogP contribution in [0.5, 0.6) is 0 Å². The first kappa shape index (κ1) is 18.2. The van der Waals surface area contributed by atoms with E-state index in [1.807, 2.05) is 18.2 Å². The van der Waals surface area contributed by atoms with Gasteiger partial charge in [-0.25, -0.2) is 9.97 Å². The number of hydrogen-bond donors (Lipinski definition) is 1. The molecule has 3 rings (SSSR count). The molecule has 2 aromatic rings. The van der Waals surface area contributed by atoms with E-state index in [1.54, 1.807) is 0 Å². The zero-order valence-electron chi connectivity index (χ0n) is 15.1. The van der Waals surface area contributed by atoms with Crippen molar-refractivity contribution in [3.05, 3.63) is 52.4 Å². The van der Waals surface area contributed by atoms with Crippen molar-refractivity contribution in [3.8, 4) is 0 Å². The van der Waals surface area contributed by atoms with Gasteiger partial charge in [-0.15, -0.1) is 0 Å². The fourth-order valence-corrected chi connectivity index (χ4v) is 3.54. The number of nitrogens with one attached hydrogen (secondary N) is 1. The van der Waals surface area contributed by atoms with Crippen molar-refractivity contribution in [2.75, 3.05) is 18.0 Å². The summed E-state index contributed by atoms with van der Waals surface area (Å²) in [4.78, 5) is 11.7. The van der Waals surface area contributed by atoms with E-state index >= 15 is 0 Å². The predicted molar refractivity (Wildman–Crippen MR) is 104 cm³/mol. The molecule has 5 heteroatoms. The summed E-state index contributed by atoms with van der Waals surface area (Å²) in [6.45, 7) is 7.18. The maximum Gasteiger partial charge on any atom is 0.132 e. The molecule has 1 aliphatic rings. The lowest BCUT2D eigenvalue weighted by atomic mass is 10.0. The number of piperidine rings is 1. The summed E-state index contributed by atoms with van der Waals surface area (Å²) in [5.74, 6) is 2.06. The molecule has 4 nitrogen and oxygen atoms in total. The third kappa shape index (κ3) is 5.16. The van der Waals surface area contributed by atoms with Gasteiger partial charge >= 0.3 is 0 Å². The maximum absolute atomic E-state index is 6.05. The lowest BCUT2D eigenvalue weighted by molar-refractivity contribution is 0.412. The Labute approximate surface area is 155 Å². The Hall–Kier alpha value is -1.65. The molecule has 134 valence electrons. The standard InChI is InChI=1S/C20H27ClN4/c1-3-5-19-23-15(2)12-20(24-19)25-10-8-18(9-11-25)22-14-16-6-4-7-17(21)13-16/h4,6-7,12-13,18,22H,3,5,8-11,14H2,1-2H3. The van der Waals surface area contributed by atoms with E-state index in [9.17, 15) is 0 Å². The van der Waals surface area contributed by atoms with Gasteiger partial charge in [-0.1, -0.05) is 30.7 Å². The van der Waals surface area contributed by atoms with Gasteiger partial charge in [0.15, 0.2) is 0 Å². The van der Waals surface area contributed by atoms with Crippen LogP contribution in [0.2, 0.25) is 5.02 Å². The van der Waals surface area contributed by atoms with Crippen molar-refractivity contribution in [2.24, 2.45) is 0 Å². The summed E-state index contributed by atoms with van der Waals surface area (Å²) in [5.41, 5.74) is 2.31. The van der Waals surface area contributed by atoms with Crippen LogP contribution < -0.4 is 10.2 Å². The molecule has 1 aliphatic heterocycles. The van der Waals surface area contributed by atoms with Gasteiger partial charge in [0, 0.05) is 48.9 Å². The van der Waals surface area contributed by atoms with E-state index in [0.29, 0.717) is 6.04 Å². The second-order valence-corrected chi connectivity index (χ2v) is 7.24. The summed E-state index contributed by atoms with van der Waals surface area (Å²) in [6.07, 6.45) is 4.30. The molecule has 0 amide bonds. The third-order valence-electron chi connectivity index (χ3n) is 4.66. The highest BCUT2D eigenvalue weighted by Crippen LogP contribution is 2.20.